The van der Waals surface area contributed by atoms with Crippen molar-refractivity contribution >= 4 is 39.5 Å². The number of anilines is 1. The van der Waals surface area contributed by atoms with Crippen LogP contribution < -0.4 is 10.6 Å². The molecule has 2 amide bonds. The molecule has 4 nitrogen and oxygen atoms in total. The summed E-state index contributed by atoms with van der Waals surface area (Å²) in [5, 5.41) is 5.46. The van der Waals surface area contributed by atoms with Gasteiger partial charge in [-0.3, -0.25) is 9.59 Å². The Morgan fingerprint density at radius 1 is 1.00 bits per heavy atom. The molecule has 2 N–H and O–H groups in total. The van der Waals surface area contributed by atoms with E-state index in [2.05, 4.69) is 26.6 Å². The molecule has 0 aliphatic carbocycles. The summed E-state index contributed by atoms with van der Waals surface area (Å²) in [6.45, 7) is 0.292. The molecule has 23 heavy (non-hydrogen) atoms. The molecule has 0 aromatic heterocycles. The Labute approximate surface area is 143 Å². The lowest BCUT2D eigenvalue weighted by molar-refractivity contribution is -0.117. The van der Waals surface area contributed by atoms with Crippen LogP contribution >= 0.6 is 15.9 Å². The lowest BCUT2D eigenvalue weighted by Gasteiger charge is -2.05. The van der Waals surface area contributed by atoms with Gasteiger partial charge in [-0.15, -0.1) is 0 Å². The minimum absolute atomic E-state index is 0.139. The Morgan fingerprint density at radius 2 is 1.70 bits per heavy atom. The standard InChI is InChI=1S/C18H17BrN2O2/c19-15-7-9-16(10-8-15)21-18(23)12-13-20-17(22)11-6-14-4-2-1-3-5-14/h1-11H,12-13H2,(H,20,22)(H,21,23)/b11-6+. The van der Waals surface area contributed by atoms with Crippen LogP contribution in [0.25, 0.3) is 6.08 Å². The second-order valence-electron chi connectivity index (χ2n) is 4.84. The van der Waals surface area contributed by atoms with Crippen molar-refractivity contribution in [1.29, 1.82) is 0 Å². The molecule has 0 saturated heterocycles. The number of halogens is 1. The van der Waals surface area contributed by atoms with Crippen molar-refractivity contribution in [3.8, 4) is 0 Å². The fourth-order valence-corrected chi connectivity index (χ4v) is 2.12. The molecule has 5 heteroatoms. The van der Waals surface area contributed by atoms with Crippen LogP contribution in [-0.4, -0.2) is 18.4 Å². The highest BCUT2D eigenvalue weighted by Gasteiger charge is 2.03. The third-order valence-electron chi connectivity index (χ3n) is 3.01. The van der Waals surface area contributed by atoms with Gasteiger partial charge in [-0.25, -0.2) is 0 Å². The van der Waals surface area contributed by atoms with Crippen LogP contribution in [0.5, 0.6) is 0 Å². The quantitative estimate of drug-likeness (QED) is 0.760. The van der Waals surface area contributed by atoms with Crippen LogP contribution in [0.1, 0.15) is 12.0 Å². The van der Waals surface area contributed by atoms with Crippen LogP contribution in [0.3, 0.4) is 0 Å². The third-order valence-corrected chi connectivity index (χ3v) is 3.53. The van der Waals surface area contributed by atoms with E-state index in [4.69, 9.17) is 0 Å². The molecule has 2 rings (SSSR count). The molecule has 0 atom stereocenters. The fourth-order valence-electron chi connectivity index (χ4n) is 1.85. The number of amides is 2. The molecule has 0 fully saturated rings. The lowest BCUT2D eigenvalue weighted by Crippen LogP contribution is -2.26. The van der Waals surface area contributed by atoms with Gasteiger partial charge in [0.25, 0.3) is 0 Å². The largest absolute Gasteiger partial charge is 0.352 e. The first-order valence-corrected chi connectivity index (χ1v) is 7.99. The zero-order valence-corrected chi connectivity index (χ0v) is 14.0. The van der Waals surface area contributed by atoms with E-state index in [-0.39, 0.29) is 18.2 Å². The molecular weight excluding hydrogens is 356 g/mol. The smallest absolute Gasteiger partial charge is 0.244 e. The highest BCUT2D eigenvalue weighted by atomic mass is 79.9. The van der Waals surface area contributed by atoms with Gasteiger partial charge in [0.05, 0.1) is 0 Å². The van der Waals surface area contributed by atoms with E-state index in [1.807, 2.05) is 54.6 Å². The average Bonchev–Trinajstić information content (AvgIpc) is 2.56. The Kier molecular flexibility index (Phi) is 6.56. The summed E-state index contributed by atoms with van der Waals surface area (Å²) < 4.78 is 0.952. The molecule has 0 spiro atoms. The Bertz CT molecular complexity index is 682. The summed E-state index contributed by atoms with van der Waals surface area (Å²) in [7, 11) is 0. The number of hydrogen-bond acceptors (Lipinski definition) is 2. The summed E-state index contributed by atoms with van der Waals surface area (Å²) in [4.78, 5) is 23.4. The van der Waals surface area contributed by atoms with Crippen molar-refractivity contribution in [3.63, 3.8) is 0 Å². The molecule has 0 aliphatic rings. The first kappa shape index (κ1) is 17.0. The summed E-state index contributed by atoms with van der Waals surface area (Å²) in [6, 6.07) is 16.9. The number of benzene rings is 2. The monoisotopic (exact) mass is 372 g/mol. The molecule has 118 valence electrons. The number of carbonyl (C=O) groups is 2. The van der Waals surface area contributed by atoms with Crippen molar-refractivity contribution in [3.05, 3.63) is 70.7 Å². The van der Waals surface area contributed by atoms with E-state index in [1.54, 1.807) is 6.08 Å². The van der Waals surface area contributed by atoms with Gasteiger partial charge in [0.1, 0.15) is 0 Å². The summed E-state index contributed by atoms with van der Waals surface area (Å²) in [6.07, 6.45) is 3.42. The second-order valence-corrected chi connectivity index (χ2v) is 5.76. The minimum Gasteiger partial charge on any atom is -0.352 e. The van der Waals surface area contributed by atoms with Gasteiger partial charge in [-0.05, 0) is 35.9 Å². The van der Waals surface area contributed by atoms with Gasteiger partial charge >= 0.3 is 0 Å². The maximum Gasteiger partial charge on any atom is 0.244 e. The number of rotatable bonds is 6. The minimum atomic E-state index is -0.217. The van der Waals surface area contributed by atoms with E-state index in [0.717, 1.165) is 15.7 Å². The fraction of sp³-hybridized carbons (Fsp3) is 0.111. The van der Waals surface area contributed by atoms with Crippen molar-refractivity contribution in [1.82, 2.24) is 5.32 Å². The SMILES string of the molecule is O=C(/C=C/c1ccccc1)NCCC(=O)Nc1ccc(Br)cc1. The van der Waals surface area contributed by atoms with E-state index >= 15 is 0 Å². The van der Waals surface area contributed by atoms with Crippen LogP contribution in [0.2, 0.25) is 0 Å². The second kappa shape index (κ2) is 8.90. The summed E-state index contributed by atoms with van der Waals surface area (Å²) >= 11 is 3.33. The maximum absolute atomic E-state index is 11.8. The zero-order chi connectivity index (χ0) is 16.5. The first-order valence-electron chi connectivity index (χ1n) is 7.20. The lowest BCUT2D eigenvalue weighted by atomic mass is 10.2. The van der Waals surface area contributed by atoms with Crippen LogP contribution in [-0.2, 0) is 9.59 Å². The number of nitrogens with one attached hydrogen (secondary N) is 2. The summed E-state index contributed by atoms with van der Waals surface area (Å²) in [5.41, 5.74) is 1.68. The van der Waals surface area contributed by atoms with E-state index < -0.39 is 0 Å². The van der Waals surface area contributed by atoms with Gasteiger partial charge < -0.3 is 10.6 Å². The topological polar surface area (TPSA) is 58.2 Å². The predicted octanol–water partition coefficient (Wildman–Crippen LogP) is 3.61. The van der Waals surface area contributed by atoms with Crippen LogP contribution in [0, 0.1) is 0 Å². The zero-order valence-electron chi connectivity index (χ0n) is 12.5. The highest BCUT2D eigenvalue weighted by Crippen LogP contribution is 2.14. The molecular formula is C18H17BrN2O2. The molecule has 2 aromatic carbocycles. The Morgan fingerprint density at radius 3 is 2.39 bits per heavy atom. The Hall–Kier alpha value is -2.40. The third kappa shape index (κ3) is 6.48. The highest BCUT2D eigenvalue weighted by molar-refractivity contribution is 9.10. The van der Waals surface area contributed by atoms with Gasteiger partial charge in [-0.1, -0.05) is 46.3 Å². The van der Waals surface area contributed by atoms with Crippen LogP contribution in [0.4, 0.5) is 5.69 Å². The van der Waals surface area contributed by atoms with Gasteiger partial charge in [0.2, 0.25) is 11.8 Å². The Balaban J connectivity index is 1.69. The van der Waals surface area contributed by atoms with Crippen LogP contribution in [0.15, 0.2) is 65.1 Å². The number of carbonyl (C=O) groups excluding carboxylic acids is 2. The first-order chi connectivity index (χ1) is 11.1. The van der Waals surface area contributed by atoms with E-state index in [0.29, 0.717) is 6.54 Å². The molecule has 0 radical (unpaired) electrons. The molecule has 0 bridgehead atoms. The van der Waals surface area contributed by atoms with Gasteiger partial charge in [-0.2, -0.15) is 0 Å². The van der Waals surface area contributed by atoms with Crippen molar-refractivity contribution in [2.75, 3.05) is 11.9 Å². The van der Waals surface area contributed by atoms with Crippen molar-refractivity contribution in [2.24, 2.45) is 0 Å². The predicted molar refractivity (Wildman–Crippen MR) is 95.9 cm³/mol. The van der Waals surface area contributed by atoms with Gasteiger partial charge in [0, 0.05) is 29.2 Å². The van der Waals surface area contributed by atoms with E-state index in [9.17, 15) is 9.59 Å². The molecule has 0 unspecified atom stereocenters. The van der Waals surface area contributed by atoms with E-state index in [1.165, 1.54) is 6.08 Å². The molecule has 0 saturated carbocycles. The molecule has 0 aliphatic heterocycles. The average molecular weight is 373 g/mol. The molecule has 2 aromatic rings. The maximum atomic E-state index is 11.8. The molecule has 0 heterocycles. The summed E-state index contributed by atoms with van der Waals surface area (Å²) in [5.74, 6) is -0.357. The van der Waals surface area contributed by atoms with Crippen molar-refractivity contribution < 1.29 is 9.59 Å². The number of hydrogen-bond donors (Lipinski definition) is 2. The van der Waals surface area contributed by atoms with Crippen molar-refractivity contribution in [2.45, 2.75) is 6.42 Å². The normalized spacial score (nSPS) is 10.5. The van der Waals surface area contributed by atoms with Gasteiger partial charge in [0.15, 0.2) is 0 Å².